The maximum Gasteiger partial charge on any atom is 0.0417 e. The van der Waals surface area contributed by atoms with E-state index in [-0.39, 0.29) is 5.92 Å². The Hall–Kier alpha value is -1.89. The van der Waals surface area contributed by atoms with Crippen LogP contribution in [-0.4, -0.2) is 5.71 Å². The summed E-state index contributed by atoms with van der Waals surface area (Å²) in [5, 5.41) is 8.17. The van der Waals surface area contributed by atoms with Crippen molar-refractivity contribution >= 4 is 5.71 Å². The van der Waals surface area contributed by atoms with Crippen molar-refractivity contribution in [2.45, 2.75) is 13.8 Å². The van der Waals surface area contributed by atoms with Crippen LogP contribution in [0.1, 0.15) is 19.4 Å². The number of rotatable bonds is 3. The molecular weight excluding hydrogens is 206 g/mol. The molecule has 0 aliphatic heterocycles. The van der Waals surface area contributed by atoms with E-state index < -0.39 is 0 Å². The van der Waals surface area contributed by atoms with Crippen LogP contribution < -0.4 is 0 Å². The van der Waals surface area contributed by atoms with E-state index in [1.807, 2.05) is 36.4 Å². The summed E-state index contributed by atoms with van der Waals surface area (Å²) < 4.78 is 0. The molecule has 0 amide bonds. The Balaban J connectivity index is 2.52. The molecule has 17 heavy (non-hydrogen) atoms. The minimum atomic E-state index is 0.250. The zero-order chi connectivity index (χ0) is 12.3. The second-order valence-corrected chi connectivity index (χ2v) is 4.48. The van der Waals surface area contributed by atoms with E-state index in [1.165, 1.54) is 5.56 Å². The van der Waals surface area contributed by atoms with Gasteiger partial charge in [0.1, 0.15) is 0 Å². The third-order valence-electron chi connectivity index (χ3n) is 2.88. The van der Waals surface area contributed by atoms with Crippen molar-refractivity contribution in [1.29, 1.82) is 5.41 Å². The fourth-order valence-electron chi connectivity index (χ4n) is 1.90. The Bertz CT molecular complexity index is 512. The van der Waals surface area contributed by atoms with Gasteiger partial charge in [-0.25, -0.2) is 0 Å². The first-order valence-corrected chi connectivity index (χ1v) is 5.93. The maximum atomic E-state index is 8.17. The van der Waals surface area contributed by atoms with Crippen LogP contribution in [-0.2, 0) is 0 Å². The topological polar surface area (TPSA) is 23.9 Å². The molecule has 1 nitrogen and oxygen atoms in total. The largest absolute Gasteiger partial charge is 0.304 e. The van der Waals surface area contributed by atoms with E-state index in [9.17, 15) is 0 Å². The minimum Gasteiger partial charge on any atom is -0.304 e. The third-order valence-corrected chi connectivity index (χ3v) is 2.88. The monoisotopic (exact) mass is 223 g/mol. The van der Waals surface area contributed by atoms with Gasteiger partial charge in [0.2, 0.25) is 0 Å². The van der Waals surface area contributed by atoms with E-state index in [0.717, 1.165) is 11.1 Å². The lowest BCUT2D eigenvalue weighted by molar-refractivity contribution is 0.878. The Morgan fingerprint density at radius 3 is 2.12 bits per heavy atom. The molecule has 0 saturated carbocycles. The van der Waals surface area contributed by atoms with Crippen LogP contribution in [0, 0.1) is 11.3 Å². The highest BCUT2D eigenvalue weighted by molar-refractivity contribution is 6.05. The lowest BCUT2D eigenvalue weighted by Crippen LogP contribution is -2.08. The summed E-state index contributed by atoms with van der Waals surface area (Å²) in [6.45, 7) is 4.12. The molecule has 0 heterocycles. The minimum absolute atomic E-state index is 0.250. The van der Waals surface area contributed by atoms with E-state index in [2.05, 4.69) is 32.0 Å². The first kappa shape index (κ1) is 11.6. The first-order valence-electron chi connectivity index (χ1n) is 5.93. The average Bonchev–Trinajstić information content (AvgIpc) is 2.39. The van der Waals surface area contributed by atoms with Gasteiger partial charge in [-0.15, -0.1) is 0 Å². The summed E-state index contributed by atoms with van der Waals surface area (Å²) in [5.41, 5.74) is 4.05. The molecular formula is C16H17N. The van der Waals surface area contributed by atoms with Gasteiger partial charge in [0.15, 0.2) is 0 Å². The molecule has 0 spiro atoms. The summed E-state index contributed by atoms with van der Waals surface area (Å²) in [7, 11) is 0. The molecule has 86 valence electrons. The summed E-state index contributed by atoms with van der Waals surface area (Å²) in [6.07, 6.45) is 0. The van der Waals surface area contributed by atoms with Crippen molar-refractivity contribution in [2.24, 2.45) is 5.92 Å². The third kappa shape index (κ3) is 2.44. The normalized spacial score (nSPS) is 10.5. The molecule has 1 heteroatoms. The molecule has 0 bridgehead atoms. The van der Waals surface area contributed by atoms with E-state index in [0.29, 0.717) is 5.71 Å². The van der Waals surface area contributed by atoms with Crippen LogP contribution in [0.5, 0.6) is 0 Å². The van der Waals surface area contributed by atoms with Crippen LogP contribution >= 0.6 is 0 Å². The predicted octanol–water partition coefficient (Wildman–Crippen LogP) is 4.38. The van der Waals surface area contributed by atoms with Crippen LogP contribution in [0.3, 0.4) is 0 Å². The lowest BCUT2D eigenvalue weighted by atomic mass is 9.92. The highest BCUT2D eigenvalue weighted by atomic mass is 14.4. The first-order chi connectivity index (χ1) is 8.20. The van der Waals surface area contributed by atoms with Gasteiger partial charge in [0, 0.05) is 11.3 Å². The van der Waals surface area contributed by atoms with Gasteiger partial charge in [-0.2, -0.15) is 0 Å². The number of hydrogen-bond donors (Lipinski definition) is 1. The van der Waals surface area contributed by atoms with Crippen LogP contribution in [0.2, 0.25) is 0 Å². The molecule has 0 aliphatic carbocycles. The molecule has 0 aromatic heterocycles. The lowest BCUT2D eigenvalue weighted by Gasteiger charge is -2.13. The van der Waals surface area contributed by atoms with Crippen molar-refractivity contribution in [3.05, 3.63) is 60.2 Å². The Morgan fingerprint density at radius 2 is 1.47 bits per heavy atom. The molecule has 0 radical (unpaired) electrons. The van der Waals surface area contributed by atoms with Crippen LogP contribution in [0.4, 0.5) is 0 Å². The molecule has 1 N–H and O–H groups in total. The zero-order valence-electron chi connectivity index (χ0n) is 10.3. The smallest absolute Gasteiger partial charge is 0.0417 e. The van der Waals surface area contributed by atoms with Crippen molar-refractivity contribution < 1.29 is 0 Å². The number of nitrogens with one attached hydrogen (secondary N) is 1. The fourth-order valence-corrected chi connectivity index (χ4v) is 1.90. The Kier molecular flexibility index (Phi) is 3.38. The van der Waals surface area contributed by atoms with Crippen molar-refractivity contribution in [1.82, 2.24) is 0 Å². The summed E-state index contributed by atoms with van der Waals surface area (Å²) in [6, 6.07) is 18.4. The van der Waals surface area contributed by atoms with Crippen LogP contribution in [0.15, 0.2) is 54.6 Å². The predicted molar refractivity (Wildman–Crippen MR) is 73.5 cm³/mol. The standard InChI is InChI=1S/C16H17N/c1-12(2)16(17)15-11-7-6-10-14(15)13-8-4-3-5-9-13/h3-12,17H,1-2H3. The molecule has 2 aromatic carbocycles. The maximum absolute atomic E-state index is 8.17. The van der Waals surface area contributed by atoms with Gasteiger partial charge in [-0.05, 0) is 17.0 Å². The molecule has 2 aromatic rings. The van der Waals surface area contributed by atoms with E-state index >= 15 is 0 Å². The highest BCUT2D eigenvalue weighted by Crippen LogP contribution is 2.25. The fraction of sp³-hybridized carbons (Fsp3) is 0.188. The SMILES string of the molecule is CC(C)C(=N)c1ccccc1-c1ccccc1. The van der Waals surface area contributed by atoms with E-state index in [4.69, 9.17) is 5.41 Å². The molecule has 0 aliphatic rings. The average molecular weight is 223 g/mol. The van der Waals surface area contributed by atoms with Gasteiger partial charge < -0.3 is 5.41 Å². The summed E-state index contributed by atoms with van der Waals surface area (Å²) >= 11 is 0. The Labute approximate surface area is 103 Å². The molecule has 0 unspecified atom stereocenters. The quantitative estimate of drug-likeness (QED) is 0.747. The summed E-state index contributed by atoms with van der Waals surface area (Å²) in [4.78, 5) is 0. The molecule has 2 rings (SSSR count). The highest BCUT2D eigenvalue weighted by Gasteiger charge is 2.11. The zero-order valence-corrected chi connectivity index (χ0v) is 10.3. The van der Waals surface area contributed by atoms with Gasteiger partial charge >= 0.3 is 0 Å². The molecule has 0 atom stereocenters. The van der Waals surface area contributed by atoms with Crippen molar-refractivity contribution in [3.63, 3.8) is 0 Å². The molecule has 0 saturated heterocycles. The van der Waals surface area contributed by atoms with Gasteiger partial charge in [0.25, 0.3) is 0 Å². The van der Waals surface area contributed by atoms with Gasteiger partial charge in [-0.1, -0.05) is 68.4 Å². The number of benzene rings is 2. The van der Waals surface area contributed by atoms with Gasteiger partial charge in [0.05, 0.1) is 0 Å². The second kappa shape index (κ2) is 4.96. The van der Waals surface area contributed by atoms with Crippen LogP contribution in [0.25, 0.3) is 11.1 Å². The van der Waals surface area contributed by atoms with Crippen molar-refractivity contribution in [2.75, 3.05) is 0 Å². The van der Waals surface area contributed by atoms with E-state index in [1.54, 1.807) is 0 Å². The van der Waals surface area contributed by atoms with Crippen molar-refractivity contribution in [3.8, 4) is 11.1 Å². The van der Waals surface area contributed by atoms with Gasteiger partial charge in [-0.3, -0.25) is 0 Å². The Morgan fingerprint density at radius 1 is 0.882 bits per heavy atom. The number of hydrogen-bond acceptors (Lipinski definition) is 1. The second-order valence-electron chi connectivity index (χ2n) is 4.48. The molecule has 0 fully saturated rings. The summed E-state index contributed by atoms with van der Waals surface area (Å²) in [5.74, 6) is 0.250.